The summed E-state index contributed by atoms with van der Waals surface area (Å²) in [5.74, 6) is -0.610. The van der Waals surface area contributed by atoms with Crippen molar-refractivity contribution < 1.29 is 18.8 Å². The fourth-order valence-electron chi connectivity index (χ4n) is 2.17. The molecule has 1 aromatic heterocycles. The van der Waals surface area contributed by atoms with E-state index >= 15 is 0 Å². The quantitative estimate of drug-likeness (QED) is 0.627. The predicted molar refractivity (Wildman–Crippen MR) is 70.3 cm³/mol. The van der Waals surface area contributed by atoms with Gasteiger partial charge in [-0.15, -0.1) is 0 Å². The van der Waals surface area contributed by atoms with Crippen molar-refractivity contribution in [1.29, 1.82) is 0 Å². The van der Waals surface area contributed by atoms with E-state index in [1.54, 1.807) is 12.1 Å². The van der Waals surface area contributed by atoms with Gasteiger partial charge in [0, 0.05) is 12.4 Å². The SMILES string of the molecule is CN1CC(=O)N(CC(=O)c2cc3ccccc3o2)C1=O. The molecule has 0 unspecified atom stereocenters. The molecule has 3 amide bonds. The number of rotatable bonds is 3. The van der Waals surface area contributed by atoms with Crippen LogP contribution in [0.3, 0.4) is 0 Å². The molecule has 0 bridgehead atoms. The van der Waals surface area contributed by atoms with Gasteiger partial charge in [0.05, 0.1) is 6.54 Å². The Morgan fingerprint density at radius 1 is 1.30 bits per heavy atom. The smallest absolute Gasteiger partial charge is 0.327 e. The number of Topliss-reactive ketones (excluding diaryl/α,β-unsaturated/α-hetero) is 1. The molecular formula is C14H12N2O4. The van der Waals surface area contributed by atoms with Gasteiger partial charge < -0.3 is 9.32 Å². The molecule has 0 atom stereocenters. The lowest BCUT2D eigenvalue weighted by molar-refractivity contribution is -0.125. The Morgan fingerprint density at radius 2 is 2.05 bits per heavy atom. The van der Waals surface area contributed by atoms with Gasteiger partial charge in [0.25, 0.3) is 5.91 Å². The van der Waals surface area contributed by atoms with Crippen molar-refractivity contribution in [2.24, 2.45) is 0 Å². The van der Waals surface area contributed by atoms with Gasteiger partial charge >= 0.3 is 6.03 Å². The number of hydrogen-bond donors (Lipinski definition) is 0. The second-order valence-electron chi connectivity index (χ2n) is 4.69. The maximum atomic E-state index is 12.1. The first-order valence-electron chi connectivity index (χ1n) is 6.13. The van der Waals surface area contributed by atoms with Crippen LogP contribution in [0.4, 0.5) is 4.79 Å². The summed E-state index contributed by atoms with van der Waals surface area (Å²) in [5, 5.41) is 0.812. The fourth-order valence-corrected chi connectivity index (χ4v) is 2.17. The van der Waals surface area contributed by atoms with Crippen molar-refractivity contribution >= 4 is 28.7 Å². The van der Waals surface area contributed by atoms with E-state index in [2.05, 4.69) is 0 Å². The minimum Gasteiger partial charge on any atom is -0.453 e. The summed E-state index contributed by atoms with van der Waals surface area (Å²) in [6, 6.07) is 8.39. The number of amides is 3. The van der Waals surface area contributed by atoms with Crippen LogP contribution in [0, 0.1) is 0 Å². The van der Waals surface area contributed by atoms with Crippen molar-refractivity contribution in [3.05, 3.63) is 36.1 Å². The number of imide groups is 1. The third-order valence-electron chi connectivity index (χ3n) is 3.23. The van der Waals surface area contributed by atoms with Crippen molar-refractivity contribution in [2.75, 3.05) is 20.1 Å². The Morgan fingerprint density at radius 3 is 2.70 bits per heavy atom. The highest BCUT2D eigenvalue weighted by molar-refractivity contribution is 6.07. The average molecular weight is 272 g/mol. The monoisotopic (exact) mass is 272 g/mol. The number of likely N-dealkylation sites (N-methyl/N-ethyl adjacent to an activating group) is 1. The standard InChI is InChI=1S/C14H12N2O4/c1-15-8-13(18)16(14(15)19)7-10(17)12-6-9-4-2-3-5-11(9)20-12/h2-6H,7-8H2,1H3. The molecule has 0 spiro atoms. The van der Waals surface area contributed by atoms with E-state index in [9.17, 15) is 14.4 Å². The first-order valence-corrected chi connectivity index (χ1v) is 6.13. The number of ketones is 1. The van der Waals surface area contributed by atoms with Crippen LogP contribution in [-0.2, 0) is 4.79 Å². The second kappa shape index (κ2) is 4.48. The van der Waals surface area contributed by atoms with Gasteiger partial charge in [-0.1, -0.05) is 18.2 Å². The molecule has 20 heavy (non-hydrogen) atoms. The Kier molecular flexibility index (Phi) is 2.78. The van der Waals surface area contributed by atoms with E-state index in [-0.39, 0.29) is 24.8 Å². The molecule has 2 aromatic rings. The molecule has 6 nitrogen and oxygen atoms in total. The topological polar surface area (TPSA) is 70.8 Å². The summed E-state index contributed by atoms with van der Waals surface area (Å²) in [6.45, 7) is -0.284. The van der Waals surface area contributed by atoms with Gasteiger partial charge in [0.2, 0.25) is 5.78 Å². The summed E-state index contributed by atoms with van der Waals surface area (Å²) in [7, 11) is 1.52. The van der Waals surface area contributed by atoms with E-state index in [0.29, 0.717) is 5.58 Å². The molecule has 0 N–H and O–H groups in total. The second-order valence-corrected chi connectivity index (χ2v) is 4.69. The summed E-state index contributed by atoms with van der Waals surface area (Å²) in [6.07, 6.45) is 0. The highest BCUT2D eigenvalue weighted by atomic mass is 16.3. The lowest BCUT2D eigenvalue weighted by Crippen LogP contribution is -2.36. The molecule has 6 heteroatoms. The van der Waals surface area contributed by atoms with Gasteiger partial charge in [-0.25, -0.2) is 4.79 Å². The average Bonchev–Trinajstić information content (AvgIpc) is 2.95. The molecule has 0 radical (unpaired) electrons. The molecular weight excluding hydrogens is 260 g/mol. The van der Waals surface area contributed by atoms with Gasteiger partial charge in [0.15, 0.2) is 5.76 Å². The molecule has 1 fully saturated rings. The number of carbonyl (C=O) groups excluding carboxylic acids is 3. The molecule has 1 aromatic carbocycles. The zero-order valence-corrected chi connectivity index (χ0v) is 10.8. The van der Waals surface area contributed by atoms with Crippen molar-refractivity contribution in [3.8, 4) is 0 Å². The summed E-state index contributed by atoms with van der Waals surface area (Å²) >= 11 is 0. The Hall–Kier alpha value is -2.63. The Labute approximate surface area is 114 Å². The lowest BCUT2D eigenvalue weighted by atomic mass is 10.2. The number of urea groups is 1. The normalized spacial score (nSPS) is 15.4. The van der Waals surface area contributed by atoms with E-state index in [4.69, 9.17) is 4.42 Å². The summed E-state index contributed by atoms with van der Waals surface area (Å²) < 4.78 is 5.43. The number of furan rings is 1. The zero-order valence-electron chi connectivity index (χ0n) is 10.8. The predicted octanol–water partition coefficient (Wildman–Crippen LogP) is 1.51. The van der Waals surface area contributed by atoms with Crippen LogP contribution in [0.25, 0.3) is 11.0 Å². The van der Waals surface area contributed by atoms with Crippen LogP contribution >= 0.6 is 0 Å². The van der Waals surface area contributed by atoms with Gasteiger partial charge in [-0.05, 0) is 12.1 Å². The number of hydrogen-bond acceptors (Lipinski definition) is 4. The van der Waals surface area contributed by atoms with Gasteiger partial charge in [-0.2, -0.15) is 0 Å². The van der Waals surface area contributed by atoms with Gasteiger partial charge in [0.1, 0.15) is 12.1 Å². The van der Waals surface area contributed by atoms with E-state index in [1.165, 1.54) is 11.9 Å². The molecule has 3 rings (SSSR count). The van der Waals surface area contributed by atoms with Gasteiger partial charge in [-0.3, -0.25) is 14.5 Å². The van der Waals surface area contributed by atoms with E-state index in [0.717, 1.165) is 10.3 Å². The first-order chi connectivity index (χ1) is 9.56. The maximum Gasteiger partial charge on any atom is 0.327 e. The number of benzene rings is 1. The Balaban J connectivity index is 1.83. The highest BCUT2D eigenvalue weighted by Crippen LogP contribution is 2.20. The van der Waals surface area contributed by atoms with E-state index < -0.39 is 11.8 Å². The van der Waals surface area contributed by atoms with Crippen molar-refractivity contribution in [1.82, 2.24) is 9.80 Å². The third-order valence-corrected chi connectivity index (χ3v) is 3.23. The molecule has 0 saturated carbocycles. The molecule has 1 saturated heterocycles. The maximum absolute atomic E-state index is 12.1. The number of para-hydroxylation sites is 1. The fraction of sp³-hybridized carbons (Fsp3) is 0.214. The third kappa shape index (κ3) is 1.95. The highest BCUT2D eigenvalue weighted by Gasteiger charge is 2.35. The lowest BCUT2D eigenvalue weighted by Gasteiger charge is -2.11. The molecule has 1 aliphatic rings. The van der Waals surface area contributed by atoms with Crippen LogP contribution in [-0.4, -0.2) is 47.7 Å². The number of fused-ring (bicyclic) bond motifs is 1. The Bertz CT molecular complexity index is 686. The molecule has 102 valence electrons. The minimum absolute atomic E-state index is 0.00619. The van der Waals surface area contributed by atoms with Crippen molar-refractivity contribution in [2.45, 2.75) is 0 Å². The number of nitrogens with zero attached hydrogens (tertiary/aromatic N) is 2. The van der Waals surface area contributed by atoms with E-state index in [1.807, 2.05) is 18.2 Å². The zero-order chi connectivity index (χ0) is 14.3. The molecule has 0 aliphatic carbocycles. The first kappa shape index (κ1) is 12.4. The van der Waals surface area contributed by atoms with Crippen LogP contribution in [0.2, 0.25) is 0 Å². The van der Waals surface area contributed by atoms with Crippen molar-refractivity contribution in [3.63, 3.8) is 0 Å². The number of carbonyl (C=O) groups is 3. The van der Waals surface area contributed by atoms with Crippen LogP contribution in [0.15, 0.2) is 34.7 Å². The molecule has 1 aliphatic heterocycles. The summed E-state index contributed by atoms with van der Waals surface area (Å²) in [5.41, 5.74) is 0.604. The van der Waals surface area contributed by atoms with Crippen LogP contribution < -0.4 is 0 Å². The van der Waals surface area contributed by atoms with Crippen LogP contribution in [0.1, 0.15) is 10.6 Å². The van der Waals surface area contributed by atoms with Crippen LogP contribution in [0.5, 0.6) is 0 Å². The largest absolute Gasteiger partial charge is 0.453 e. The minimum atomic E-state index is -0.459. The summed E-state index contributed by atoms with van der Waals surface area (Å²) in [4.78, 5) is 37.6. The molecule has 2 heterocycles.